The number of hydrogen-bond acceptors (Lipinski definition) is 7. The van der Waals surface area contributed by atoms with Crippen molar-refractivity contribution >= 4 is 0 Å². The second-order valence-electron chi connectivity index (χ2n) is 5.86. The van der Waals surface area contributed by atoms with E-state index in [1.54, 1.807) is 33.1 Å². The normalized spacial score (nSPS) is 15.0. The minimum absolute atomic E-state index is 0.257. The van der Waals surface area contributed by atoms with Crippen LogP contribution in [0.4, 0.5) is 0 Å². The molecule has 2 aromatic rings. The molecule has 1 heterocycles. The van der Waals surface area contributed by atoms with E-state index in [0.29, 0.717) is 11.6 Å². The zero-order chi connectivity index (χ0) is 19.1. The molecule has 0 fully saturated rings. The highest BCUT2D eigenvalue weighted by molar-refractivity contribution is 5.23. The van der Waals surface area contributed by atoms with E-state index in [0.717, 1.165) is 5.56 Å². The number of nitrogens with zero attached hydrogens (tertiary/aromatic N) is 3. The van der Waals surface area contributed by atoms with E-state index in [1.165, 1.54) is 0 Å². The SMILES string of the molecule is COC(OC)[C@@H](Nn1c([C@H](C)OC)nnc1[C@@H](C)OC)c1ccccc1. The zero-order valence-corrected chi connectivity index (χ0v) is 16.2. The van der Waals surface area contributed by atoms with Crippen molar-refractivity contribution in [1.82, 2.24) is 14.9 Å². The highest BCUT2D eigenvalue weighted by atomic mass is 16.7. The summed E-state index contributed by atoms with van der Waals surface area (Å²) in [7, 11) is 6.47. The Bertz CT molecular complexity index is 633. The van der Waals surface area contributed by atoms with Crippen molar-refractivity contribution < 1.29 is 18.9 Å². The first-order valence-electron chi connectivity index (χ1n) is 8.45. The molecule has 8 heteroatoms. The molecule has 0 spiro atoms. The summed E-state index contributed by atoms with van der Waals surface area (Å²) in [5.74, 6) is 1.27. The van der Waals surface area contributed by atoms with Crippen LogP contribution in [-0.2, 0) is 18.9 Å². The Kier molecular flexibility index (Phi) is 7.52. The van der Waals surface area contributed by atoms with Crippen molar-refractivity contribution in [3.63, 3.8) is 0 Å². The van der Waals surface area contributed by atoms with Crippen LogP contribution in [0.1, 0.15) is 49.3 Å². The highest BCUT2D eigenvalue weighted by Gasteiger charge is 2.28. The van der Waals surface area contributed by atoms with Gasteiger partial charge in [-0.25, -0.2) is 4.68 Å². The highest BCUT2D eigenvalue weighted by Crippen LogP contribution is 2.25. The van der Waals surface area contributed by atoms with Gasteiger partial charge in [0.25, 0.3) is 0 Å². The van der Waals surface area contributed by atoms with Crippen molar-refractivity contribution in [1.29, 1.82) is 0 Å². The Balaban J connectivity index is 2.48. The molecule has 144 valence electrons. The fourth-order valence-electron chi connectivity index (χ4n) is 2.64. The second kappa shape index (κ2) is 9.63. The average Bonchev–Trinajstić information content (AvgIpc) is 3.11. The van der Waals surface area contributed by atoms with Crippen LogP contribution in [0.15, 0.2) is 30.3 Å². The van der Waals surface area contributed by atoms with Gasteiger partial charge in [-0.05, 0) is 19.4 Å². The number of hydrogen-bond donors (Lipinski definition) is 1. The van der Waals surface area contributed by atoms with Gasteiger partial charge in [0.2, 0.25) is 0 Å². The standard InChI is InChI=1S/C18H28N4O4/c1-12(23-3)16-19-20-17(13(2)24-4)22(16)21-15(18(25-5)26-6)14-10-8-7-9-11-14/h7-13,15,18,21H,1-6H3/t12-,13+,15-/m0/s1. The number of nitrogens with one attached hydrogen (secondary N) is 1. The number of rotatable bonds is 10. The summed E-state index contributed by atoms with van der Waals surface area (Å²) in [5.41, 5.74) is 4.43. The maximum atomic E-state index is 5.52. The quantitative estimate of drug-likeness (QED) is 0.649. The molecule has 26 heavy (non-hydrogen) atoms. The molecular formula is C18H28N4O4. The summed E-state index contributed by atoms with van der Waals surface area (Å²) < 4.78 is 23.7. The smallest absolute Gasteiger partial charge is 0.182 e. The average molecular weight is 364 g/mol. The van der Waals surface area contributed by atoms with Gasteiger partial charge in [0.1, 0.15) is 18.2 Å². The number of ether oxygens (including phenoxy) is 4. The number of aromatic nitrogens is 3. The molecule has 0 unspecified atom stereocenters. The summed E-state index contributed by atoms with van der Waals surface area (Å²) in [6, 6.07) is 9.61. The predicted molar refractivity (Wildman–Crippen MR) is 97.2 cm³/mol. The van der Waals surface area contributed by atoms with Crippen molar-refractivity contribution in [3.8, 4) is 0 Å². The van der Waals surface area contributed by atoms with Gasteiger partial charge in [0.05, 0.1) is 0 Å². The molecule has 0 aliphatic carbocycles. The van der Waals surface area contributed by atoms with Crippen molar-refractivity contribution in [2.75, 3.05) is 33.9 Å². The molecule has 1 aromatic heterocycles. The molecule has 2 rings (SSSR count). The number of benzene rings is 1. The molecule has 1 aromatic carbocycles. The third-order valence-electron chi connectivity index (χ3n) is 4.31. The van der Waals surface area contributed by atoms with Gasteiger partial charge in [-0.3, -0.25) is 0 Å². The van der Waals surface area contributed by atoms with E-state index in [4.69, 9.17) is 18.9 Å². The molecule has 0 aliphatic heterocycles. The Labute approximate surface area is 154 Å². The summed E-state index contributed by atoms with van der Waals surface area (Å²) >= 11 is 0. The van der Waals surface area contributed by atoms with Gasteiger partial charge in [-0.2, -0.15) is 0 Å². The third-order valence-corrected chi connectivity index (χ3v) is 4.31. The van der Waals surface area contributed by atoms with Crippen molar-refractivity contribution in [2.45, 2.75) is 38.4 Å². The van der Waals surface area contributed by atoms with Gasteiger partial charge >= 0.3 is 0 Å². The first-order chi connectivity index (χ1) is 12.6. The number of methoxy groups -OCH3 is 4. The summed E-state index contributed by atoms with van der Waals surface area (Å²) in [4.78, 5) is 0. The van der Waals surface area contributed by atoms with Gasteiger partial charge in [0, 0.05) is 28.4 Å². The van der Waals surface area contributed by atoms with Crippen LogP contribution in [0, 0.1) is 0 Å². The van der Waals surface area contributed by atoms with Gasteiger partial charge in [-0.15, -0.1) is 10.2 Å². The van der Waals surface area contributed by atoms with Gasteiger partial charge in [-0.1, -0.05) is 30.3 Å². The van der Waals surface area contributed by atoms with Crippen molar-refractivity contribution in [2.24, 2.45) is 0 Å². The van der Waals surface area contributed by atoms with Gasteiger partial charge < -0.3 is 24.4 Å². The largest absolute Gasteiger partial charge is 0.374 e. The van der Waals surface area contributed by atoms with Crippen LogP contribution in [0.2, 0.25) is 0 Å². The molecule has 0 amide bonds. The fourth-order valence-corrected chi connectivity index (χ4v) is 2.64. The Morgan fingerprint density at radius 2 is 1.31 bits per heavy atom. The molecule has 0 aliphatic rings. The zero-order valence-electron chi connectivity index (χ0n) is 16.2. The molecule has 3 atom stereocenters. The van der Waals surface area contributed by atoms with Crippen LogP contribution in [-0.4, -0.2) is 49.6 Å². The molecule has 0 radical (unpaired) electrons. The first-order valence-corrected chi connectivity index (χ1v) is 8.45. The van der Waals surface area contributed by atoms with Crippen LogP contribution < -0.4 is 5.43 Å². The van der Waals surface area contributed by atoms with E-state index in [2.05, 4.69) is 15.6 Å². The first kappa shape index (κ1) is 20.3. The van der Waals surface area contributed by atoms with Crippen LogP contribution in [0.5, 0.6) is 0 Å². The minimum Gasteiger partial charge on any atom is -0.374 e. The lowest BCUT2D eigenvalue weighted by molar-refractivity contribution is -0.115. The predicted octanol–water partition coefficient (Wildman–Crippen LogP) is 2.60. The topological polar surface area (TPSA) is 79.7 Å². The Morgan fingerprint density at radius 1 is 0.808 bits per heavy atom. The third kappa shape index (κ3) is 4.39. The maximum absolute atomic E-state index is 5.52. The maximum Gasteiger partial charge on any atom is 0.182 e. The van der Waals surface area contributed by atoms with E-state index < -0.39 is 6.29 Å². The lowest BCUT2D eigenvalue weighted by Gasteiger charge is -2.29. The Hall–Kier alpha value is -2.00. The van der Waals surface area contributed by atoms with Crippen LogP contribution in [0.25, 0.3) is 0 Å². The van der Waals surface area contributed by atoms with E-state index >= 15 is 0 Å². The monoisotopic (exact) mass is 364 g/mol. The molecule has 0 bridgehead atoms. The molecule has 0 saturated carbocycles. The molecular weight excluding hydrogens is 336 g/mol. The summed E-state index contributed by atoms with van der Waals surface area (Å²) in [6.07, 6.45) is -1.03. The minimum atomic E-state index is -0.517. The van der Waals surface area contributed by atoms with E-state index in [1.807, 2.05) is 44.2 Å². The lowest BCUT2D eigenvalue weighted by atomic mass is 10.1. The lowest BCUT2D eigenvalue weighted by Crippen LogP contribution is -2.35. The molecule has 1 N–H and O–H groups in total. The molecule has 0 saturated heterocycles. The summed E-state index contributed by atoms with van der Waals surface area (Å²) in [6.45, 7) is 3.82. The van der Waals surface area contributed by atoms with E-state index in [-0.39, 0.29) is 18.2 Å². The van der Waals surface area contributed by atoms with Crippen molar-refractivity contribution in [3.05, 3.63) is 47.5 Å². The Morgan fingerprint density at radius 3 is 1.73 bits per heavy atom. The second-order valence-corrected chi connectivity index (χ2v) is 5.86. The molecule has 8 nitrogen and oxygen atoms in total. The van der Waals surface area contributed by atoms with E-state index in [9.17, 15) is 0 Å². The van der Waals surface area contributed by atoms with Gasteiger partial charge in [0.15, 0.2) is 17.9 Å². The van der Waals surface area contributed by atoms with Crippen LogP contribution >= 0.6 is 0 Å². The summed E-state index contributed by atoms with van der Waals surface area (Å²) in [5, 5.41) is 8.55. The van der Waals surface area contributed by atoms with Crippen LogP contribution in [0.3, 0.4) is 0 Å². The fraction of sp³-hybridized carbons (Fsp3) is 0.556.